The molecule has 6 heteroatoms. The molecule has 3 nitrogen and oxygen atoms in total. The van der Waals surface area contributed by atoms with Gasteiger partial charge in [-0.05, 0) is 12.1 Å². The number of carbonyl (C=O) groups is 1. The largest absolute Gasteiger partial charge is 0.417 e. The van der Waals surface area contributed by atoms with Crippen molar-refractivity contribution in [2.45, 2.75) is 12.2 Å². The maximum Gasteiger partial charge on any atom is 0.417 e. The standard InChI is InChI=1S/C25H23F3N2O/c26-25(27,28)22-14-8-7-13-21(22)24(31)30-17-15-29(16-18-30)23(19-9-3-1-4-10-19)20-11-5-2-6-12-20/h1-14,23H,15-18H2/p+1. The highest BCUT2D eigenvalue weighted by atomic mass is 19.4. The molecule has 0 radical (unpaired) electrons. The Kier molecular flexibility index (Phi) is 6.09. The summed E-state index contributed by atoms with van der Waals surface area (Å²) in [5, 5.41) is 0. The normalized spacial score (nSPS) is 15.3. The molecule has 0 atom stereocenters. The molecule has 0 bridgehead atoms. The quantitative estimate of drug-likeness (QED) is 0.675. The van der Waals surface area contributed by atoms with Gasteiger partial charge in [-0.2, -0.15) is 13.2 Å². The van der Waals surface area contributed by atoms with Gasteiger partial charge in [0.05, 0.1) is 37.3 Å². The fourth-order valence-electron chi connectivity index (χ4n) is 4.33. The summed E-state index contributed by atoms with van der Waals surface area (Å²) in [7, 11) is 0. The molecule has 4 rings (SSSR count). The van der Waals surface area contributed by atoms with Crippen molar-refractivity contribution in [3.05, 3.63) is 107 Å². The molecule has 1 amide bonds. The molecule has 0 spiro atoms. The Balaban J connectivity index is 1.53. The number of quaternary nitrogens is 1. The molecular weight excluding hydrogens is 401 g/mol. The van der Waals surface area contributed by atoms with E-state index in [0.29, 0.717) is 26.2 Å². The van der Waals surface area contributed by atoms with Crippen LogP contribution in [0.5, 0.6) is 0 Å². The first-order valence-electron chi connectivity index (χ1n) is 10.3. The molecule has 0 aromatic heterocycles. The molecule has 1 aliphatic rings. The maximum absolute atomic E-state index is 13.3. The van der Waals surface area contributed by atoms with Crippen LogP contribution < -0.4 is 4.90 Å². The lowest BCUT2D eigenvalue weighted by Gasteiger charge is -2.37. The lowest BCUT2D eigenvalue weighted by molar-refractivity contribution is -0.929. The van der Waals surface area contributed by atoms with Crippen molar-refractivity contribution in [3.63, 3.8) is 0 Å². The van der Waals surface area contributed by atoms with Crippen molar-refractivity contribution in [2.24, 2.45) is 0 Å². The van der Waals surface area contributed by atoms with Crippen molar-refractivity contribution in [3.8, 4) is 0 Å². The third-order valence-electron chi connectivity index (χ3n) is 5.83. The van der Waals surface area contributed by atoms with Crippen molar-refractivity contribution in [1.82, 2.24) is 4.90 Å². The van der Waals surface area contributed by atoms with Gasteiger partial charge in [-0.15, -0.1) is 0 Å². The minimum absolute atomic E-state index is 0.113. The zero-order valence-corrected chi connectivity index (χ0v) is 17.0. The van der Waals surface area contributed by atoms with E-state index in [4.69, 9.17) is 0 Å². The molecule has 1 saturated heterocycles. The minimum atomic E-state index is -4.55. The van der Waals surface area contributed by atoms with Gasteiger partial charge >= 0.3 is 6.18 Å². The van der Waals surface area contributed by atoms with Crippen LogP contribution in [0.15, 0.2) is 84.9 Å². The van der Waals surface area contributed by atoms with Crippen LogP contribution >= 0.6 is 0 Å². The predicted molar refractivity (Wildman–Crippen MR) is 113 cm³/mol. The zero-order valence-electron chi connectivity index (χ0n) is 17.0. The van der Waals surface area contributed by atoms with Crippen LogP contribution in [0.4, 0.5) is 13.2 Å². The van der Waals surface area contributed by atoms with Crippen molar-refractivity contribution in [2.75, 3.05) is 26.2 Å². The second kappa shape index (κ2) is 8.94. The van der Waals surface area contributed by atoms with Gasteiger partial charge in [-0.25, -0.2) is 0 Å². The monoisotopic (exact) mass is 425 g/mol. The summed E-state index contributed by atoms with van der Waals surface area (Å²) in [4.78, 5) is 15.7. The van der Waals surface area contributed by atoms with E-state index in [0.717, 1.165) is 6.07 Å². The number of hydrogen-bond acceptors (Lipinski definition) is 1. The number of piperazine rings is 1. The van der Waals surface area contributed by atoms with Crippen molar-refractivity contribution >= 4 is 5.91 Å². The van der Waals surface area contributed by atoms with Crippen LogP contribution in [0.3, 0.4) is 0 Å². The Labute approximate surface area is 179 Å². The number of nitrogens with one attached hydrogen (secondary N) is 1. The summed E-state index contributed by atoms with van der Waals surface area (Å²) in [6.45, 7) is 2.15. The van der Waals surface area contributed by atoms with E-state index in [2.05, 4.69) is 24.3 Å². The van der Waals surface area contributed by atoms with Crippen LogP contribution in [0.2, 0.25) is 0 Å². The first-order chi connectivity index (χ1) is 14.9. The first kappa shape index (κ1) is 21.1. The molecule has 31 heavy (non-hydrogen) atoms. The number of hydrogen-bond donors (Lipinski definition) is 1. The summed E-state index contributed by atoms with van der Waals surface area (Å²) in [5.74, 6) is -0.553. The Morgan fingerprint density at radius 3 is 1.77 bits per heavy atom. The molecule has 3 aromatic carbocycles. The number of carbonyl (C=O) groups excluding carboxylic acids is 1. The summed E-state index contributed by atoms with van der Waals surface area (Å²) in [6, 6.07) is 25.5. The highest BCUT2D eigenvalue weighted by Crippen LogP contribution is 2.32. The number of nitrogens with zero attached hydrogens (tertiary/aromatic N) is 1. The molecule has 0 saturated carbocycles. The van der Waals surface area contributed by atoms with Gasteiger partial charge < -0.3 is 9.80 Å². The van der Waals surface area contributed by atoms with Crippen LogP contribution in [-0.4, -0.2) is 37.0 Å². The number of benzene rings is 3. The lowest BCUT2D eigenvalue weighted by Crippen LogP contribution is -3.15. The molecule has 0 aliphatic carbocycles. The van der Waals surface area contributed by atoms with Crippen LogP contribution in [0.25, 0.3) is 0 Å². The van der Waals surface area contributed by atoms with Gasteiger partial charge in [-0.1, -0.05) is 72.8 Å². The molecule has 1 fully saturated rings. The summed E-state index contributed by atoms with van der Waals surface area (Å²) < 4.78 is 40.0. The van der Waals surface area contributed by atoms with Crippen LogP contribution in [0.1, 0.15) is 33.1 Å². The SMILES string of the molecule is O=C(c1ccccc1C(F)(F)F)N1CC[NH+](C(c2ccccc2)c2ccccc2)CC1. The van der Waals surface area contributed by atoms with Crippen LogP contribution in [-0.2, 0) is 6.18 Å². The Bertz CT molecular complexity index is 974. The van der Waals surface area contributed by atoms with Crippen LogP contribution in [0, 0.1) is 0 Å². The number of alkyl halides is 3. The highest BCUT2D eigenvalue weighted by molar-refractivity contribution is 5.96. The Hall–Kier alpha value is -3.12. The number of rotatable bonds is 4. The molecule has 1 heterocycles. The summed E-state index contributed by atoms with van der Waals surface area (Å²) in [5.41, 5.74) is 1.22. The fourth-order valence-corrected chi connectivity index (χ4v) is 4.33. The van der Waals surface area contributed by atoms with E-state index >= 15 is 0 Å². The summed E-state index contributed by atoms with van der Waals surface area (Å²) >= 11 is 0. The van der Waals surface area contributed by atoms with E-state index in [-0.39, 0.29) is 11.6 Å². The number of amides is 1. The molecule has 3 aromatic rings. The predicted octanol–water partition coefficient (Wildman–Crippen LogP) is 3.84. The molecular formula is C25H24F3N2O+. The van der Waals surface area contributed by atoms with Gasteiger partial charge in [-0.3, -0.25) is 4.79 Å². The molecule has 1 aliphatic heterocycles. The molecule has 0 unspecified atom stereocenters. The van der Waals surface area contributed by atoms with Gasteiger partial charge in [0.25, 0.3) is 5.91 Å². The Morgan fingerprint density at radius 2 is 1.26 bits per heavy atom. The lowest BCUT2D eigenvalue weighted by atomic mass is 9.96. The second-order valence-corrected chi connectivity index (χ2v) is 7.75. The minimum Gasteiger partial charge on any atom is -0.327 e. The van der Waals surface area contributed by atoms with Gasteiger partial charge in [0, 0.05) is 11.1 Å². The summed E-state index contributed by atoms with van der Waals surface area (Å²) in [6.07, 6.45) is -4.55. The topological polar surface area (TPSA) is 24.8 Å². The third kappa shape index (κ3) is 4.64. The fraction of sp³-hybridized carbons (Fsp3) is 0.240. The number of halogens is 3. The third-order valence-corrected chi connectivity index (χ3v) is 5.83. The molecule has 1 N–H and O–H groups in total. The average Bonchev–Trinajstić information content (AvgIpc) is 2.80. The zero-order chi connectivity index (χ0) is 21.8. The second-order valence-electron chi connectivity index (χ2n) is 7.75. The van der Waals surface area contributed by atoms with E-state index in [1.165, 1.54) is 34.2 Å². The van der Waals surface area contributed by atoms with Gasteiger partial charge in [0.2, 0.25) is 0 Å². The van der Waals surface area contributed by atoms with Crippen molar-refractivity contribution < 1.29 is 22.9 Å². The van der Waals surface area contributed by atoms with E-state index in [1.807, 2.05) is 36.4 Å². The van der Waals surface area contributed by atoms with Gasteiger partial charge in [0.1, 0.15) is 6.04 Å². The molecule has 160 valence electrons. The first-order valence-corrected chi connectivity index (χ1v) is 10.3. The average molecular weight is 425 g/mol. The smallest absolute Gasteiger partial charge is 0.327 e. The van der Waals surface area contributed by atoms with Gasteiger partial charge in [0.15, 0.2) is 0 Å². The van der Waals surface area contributed by atoms with E-state index in [9.17, 15) is 18.0 Å². The Morgan fingerprint density at radius 1 is 0.774 bits per heavy atom. The highest BCUT2D eigenvalue weighted by Gasteiger charge is 2.37. The van der Waals surface area contributed by atoms with Crippen molar-refractivity contribution in [1.29, 1.82) is 0 Å². The maximum atomic E-state index is 13.3. The van der Waals surface area contributed by atoms with E-state index in [1.54, 1.807) is 4.90 Å². The van der Waals surface area contributed by atoms with E-state index < -0.39 is 17.6 Å².